The second kappa shape index (κ2) is 32.2. The number of carbonyl (C=O) groups is 1. The molecule has 2 aliphatic rings. The maximum absolute atomic E-state index is 13.0. The highest BCUT2D eigenvalue weighted by Gasteiger charge is 2.50. The molecular formula is C45H75NO13. The Hall–Kier alpha value is -2.57. The number of nitrogens with one attached hydrogen (secondary N) is 1. The average molecular weight is 838 g/mol. The molecular weight excluding hydrogens is 762 g/mol. The van der Waals surface area contributed by atoms with Crippen LogP contribution in [0.1, 0.15) is 110 Å². The summed E-state index contributed by atoms with van der Waals surface area (Å²) in [5.74, 6) is -0.298. The van der Waals surface area contributed by atoms with Gasteiger partial charge in [-0.3, -0.25) is 4.79 Å². The Morgan fingerprint density at radius 2 is 1.19 bits per heavy atom. The number of carbonyl (C=O) groups excluding carboxylic acids is 1. The van der Waals surface area contributed by atoms with Gasteiger partial charge in [-0.2, -0.15) is 0 Å². The molecule has 2 saturated heterocycles. The van der Waals surface area contributed by atoms with Crippen LogP contribution in [0.15, 0.2) is 72.9 Å². The van der Waals surface area contributed by atoms with E-state index in [-0.39, 0.29) is 18.9 Å². The van der Waals surface area contributed by atoms with E-state index in [2.05, 4.69) is 79.9 Å². The molecule has 9 N–H and O–H groups in total. The van der Waals surface area contributed by atoms with E-state index >= 15 is 0 Å². The summed E-state index contributed by atoms with van der Waals surface area (Å²) in [5.41, 5.74) is 0. The molecule has 0 aliphatic carbocycles. The maximum atomic E-state index is 13.0. The lowest BCUT2D eigenvalue weighted by atomic mass is 9.97. The van der Waals surface area contributed by atoms with Crippen LogP contribution >= 0.6 is 0 Å². The smallest absolute Gasteiger partial charge is 0.220 e. The number of rotatable bonds is 30. The van der Waals surface area contributed by atoms with Crippen LogP contribution in [0.5, 0.6) is 0 Å². The number of aliphatic hydroxyl groups is 8. The van der Waals surface area contributed by atoms with Crippen molar-refractivity contribution in [1.29, 1.82) is 0 Å². The fourth-order valence-electron chi connectivity index (χ4n) is 6.53. The molecule has 0 radical (unpaired) electrons. The van der Waals surface area contributed by atoms with Crippen molar-refractivity contribution in [3.8, 4) is 0 Å². The molecule has 1 amide bonds. The predicted octanol–water partition coefficient (Wildman–Crippen LogP) is 3.70. The van der Waals surface area contributed by atoms with E-state index in [0.717, 1.165) is 57.8 Å². The molecule has 0 aromatic rings. The predicted molar refractivity (Wildman–Crippen MR) is 226 cm³/mol. The van der Waals surface area contributed by atoms with Crippen molar-refractivity contribution < 1.29 is 64.6 Å². The number of amides is 1. The molecule has 0 aromatic heterocycles. The van der Waals surface area contributed by atoms with Crippen LogP contribution in [0.4, 0.5) is 0 Å². The first-order chi connectivity index (χ1) is 28.6. The van der Waals surface area contributed by atoms with Crippen molar-refractivity contribution >= 4 is 5.91 Å². The molecule has 2 fully saturated rings. The van der Waals surface area contributed by atoms with Crippen LogP contribution < -0.4 is 5.32 Å². The van der Waals surface area contributed by atoms with Gasteiger partial charge >= 0.3 is 0 Å². The van der Waals surface area contributed by atoms with Gasteiger partial charge in [0.05, 0.1) is 32.0 Å². The topological polar surface area (TPSA) is 228 Å². The van der Waals surface area contributed by atoms with Crippen molar-refractivity contribution in [2.24, 2.45) is 0 Å². The summed E-state index contributed by atoms with van der Waals surface area (Å²) < 4.78 is 22.5. The van der Waals surface area contributed by atoms with E-state index in [1.165, 1.54) is 19.3 Å². The zero-order chi connectivity index (χ0) is 43.3. The Morgan fingerprint density at radius 1 is 0.627 bits per heavy atom. The average Bonchev–Trinajstić information content (AvgIpc) is 3.23. The summed E-state index contributed by atoms with van der Waals surface area (Å²) in [5, 5.41) is 86.2. The van der Waals surface area contributed by atoms with Gasteiger partial charge in [0.25, 0.3) is 0 Å². The molecule has 12 unspecified atom stereocenters. The third kappa shape index (κ3) is 20.7. The number of hydrogen-bond donors (Lipinski definition) is 9. The summed E-state index contributed by atoms with van der Waals surface area (Å²) in [7, 11) is 0. The molecule has 338 valence electrons. The molecule has 14 nitrogen and oxygen atoms in total. The number of unbranched alkanes of at least 4 members (excludes halogenated alkanes) is 7. The molecule has 14 heteroatoms. The standard InChI is InChI=1S/C45H75NO13/c1-3-5-7-9-11-13-15-16-17-18-19-21-23-25-27-29-37(50)46-33(34(49)28-26-24-22-20-14-12-10-8-6-4-2)32-56-44-42(55)40(53)43(36(31-48)58-44)59-45-41(54)39(52)38(51)35(30-47)57-45/h5,7,11,13-14,16-17,19-21,26,28,33-36,38-45,47-49,51-55H,3-4,6,8-10,12,15,18,22-25,27,29-32H2,1-2H3,(H,46,50)/b7-5-,13-11-,17-16-,20-14+,21-19-,28-26+. The zero-order valence-electron chi connectivity index (χ0n) is 35.2. The number of aliphatic hydroxyl groups excluding tert-OH is 8. The van der Waals surface area contributed by atoms with Gasteiger partial charge in [0.15, 0.2) is 12.6 Å². The first-order valence-electron chi connectivity index (χ1n) is 21.7. The largest absolute Gasteiger partial charge is 0.394 e. The van der Waals surface area contributed by atoms with Gasteiger partial charge in [0.2, 0.25) is 5.91 Å². The van der Waals surface area contributed by atoms with Crippen LogP contribution in [0.25, 0.3) is 0 Å². The van der Waals surface area contributed by atoms with E-state index in [1.807, 2.05) is 6.08 Å². The van der Waals surface area contributed by atoms with E-state index in [1.54, 1.807) is 6.08 Å². The Kier molecular flexibility index (Phi) is 28.7. The quantitative estimate of drug-likeness (QED) is 0.0372. The Balaban J connectivity index is 1.95. The van der Waals surface area contributed by atoms with Gasteiger partial charge in [0, 0.05) is 6.42 Å². The minimum Gasteiger partial charge on any atom is -0.394 e. The van der Waals surface area contributed by atoms with E-state index in [0.29, 0.717) is 12.8 Å². The molecule has 59 heavy (non-hydrogen) atoms. The van der Waals surface area contributed by atoms with Crippen molar-refractivity contribution in [2.45, 2.75) is 184 Å². The summed E-state index contributed by atoms with van der Waals surface area (Å²) in [4.78, 5) is 13.0. The van der Waals surface area contributed by atoms with Crippen molar-refractivity contribution in [2.75, 3.05) is 19.8 Å². The lowest BCUT2D eigenvalue weighted by molar-refractivity contribution is -0.359. The molecule has 2 heterocycles. The second-order valence-corrected chi connectivity index (χ2v) is 15.1. The normalized spacial score (nSPS) is 29.3. The first-order valence-corrected chi connectivity index (χ1v) is 21.7. The zero-order valence-corrected chi connectivity index (χ0v) is 35.2. The molecule has 2 rings (SSSR count). The summed E-state index contributed by atoms with van der Waals surface area (Å²) in [6.07, 6.45) is 21.1. The van der Waals surface area contributed by atoms with Gasteiger partial charge < -0.3 is 65.1 Å². The summed E-state index contributed by atoms with van der Waals surface area (Å²) in [6.45, 7) is 2.53. The number of allylic oxidation sites excluding steroid dienone is 11. The molecule has 12 atom stereocenters. The van der Waals surface area contributed by atoms with Crippen LogP contribution in [-0.2, 0) is 23.7 Å². The molecule has 0 saturated carbocycles. The third-order valence-corrected chi connectivity index (χ3v) is 10.1. The molecule has 0 bridgehead atoms. The monoisotopic (exact) mass is 838 g/mol. The Bertz CT molecular complexity index is 1270. The van der Waals surface area contributed by atoms with Crippen molar-refractivity contribution in [1.82, 2.24) is 5.32 Å². The fourth-order valence-corrected chi connectivity index (χ4v) is 6.53. The van der Waals surface area contributed by atoms with E-state index in [9.17, 15) is 45.6 Å². The highest BCUT2D eigenvalue weighted by atomic mass is 16.7. The lowest BCUT2D eigenvalue weighted by Gasteiger charge is -2.46. The molecule has 0 aromatic carbocycles. The third-order valence-electron chi connectivity index (χ3n) is 10.1. The van der Waals surface area contributed by atoms with Gasteiger partial charge in [-0.05, 0) is 70.6 Å². The van der Waals surface area contributed by atoms with Gasteiger partial charge in [-0.1, -0.05) is 106 Å². The van der Waals surface area contributed by atoms with Gasteiger partial charge in [-0.15, -0.1) is 0 Å². The minimum absolute atomic E-state index is 0.217. The van der Waals surface area contributed by atoms with Crippen LogP contribution in [-0.4, -0.2) is 140 Å². The number of hydrogen-bond acceptors (Lipinski definition) is 13. The van der Waals surface area contributed by atoms with Crippen molar-refractivity contribution in [3.63, 3.8) is 0 Å². The fraction of sp³-hybridized carbons (Fsp3) is 0.711. The van der Waals surface area contributed by atoms with E-state index in [4.69, 9.17) is 18.9 Å². The molecule has 0 spiro atoms. The van der Waals surface area contributed by atoms with Gasteiger partial charge in [0.1, 0.15) is 48.8 Å². The van der Waals surface area contributed by atoms with Crippen LogP contribution in [0.2, 0.25) is 0 Å². The van der Waals surface area contributed by atoms with Crippen molar-refractivity contribution in [3.05, 3.63) is 72.9 Å². The second-order valence-electron chi connectivity index (χ2n) is 15.1. The summed E-state index contributed by atoms with van der Waals surface area (Å²) >= 11 is 0. The molecule has 2 aliphatic heterocycles. The highest BCUT2D eigenvalue weighted by Crippen LogP contribution is 2.29. The lowest BCUT2D eigenvalue weighted by Crippen LogP contribution is -2.65. The minimum atomic E-state index is -1.80. The van der Waals surface area contributed by atoms with E-state index < -0.39 is 86.8 Å². The van der Waals surface area contributed by atoms with Gasteiger partial charge in [-0.25, -0.2) is 0 Å². The Morgan fingerprint density at radius 3 is 1.83 bits per heavy atom. The summed E-state index contributed by atoms with van der Waals surface area (Å²) in [6, 6.07) is -0.953. The van der Waals surface area contributed by atoms with Crippen LogP contribution in [0.3, 0.4) is 0 Å². The van der Waals surface area contributed by atoms with Crippen LogP contribution in [0, 0.1) is 0 Å². The highest BCUT2D eigenvalue weighted by molar-refractivity contribution is 5.76. The first kappa shape index (κ1) is 52.6. The number of ether oxygens (including phenoxy) is 4. The maximum Gasteiger partial charge on any atom is 0.220 e. The SMILES string of the molecule is CC/C=C\C/C=C\C/C=C\C/C=C\CCCCC(=O)NC(COC1OC(CO)C(OC2OC(CO)C(O)C(O)C2O)C(O)C1O)C(O)/C=C/CC/C=C/CCCCCC. The Labute approximate surface area is 351 Å².